The van der Waals surface area contributed by atoms with Gasteiger partial charge in [-0.05, 0) is 61.9 Å². The third-order valence-electron chi connectivity index (χ3n) is 10.2. The quantitative estimate of drug-likeness (QED) is 0.218. The maximum absolute atomic E-state index is 16.1. The smallest absolute Gasteiger partial charge is 0.320 e. The van der Waals surface area contributed by atoms with E-state index in [-0.39, 0.29) is 58.1 Å². The third kappa shape index (κ3) is 4.93. The summed E-state index contributed by atoms with van der Waals surface area (Å²) in [5.74, 6) is -3.00. The number of phenolic OH excluding ortho intramolecular Hbond substituents is 1. The lowest BCUT2D eigenvalue weighted by molar-refractivity contribution is -0.131. The van der Waals surface area contributed by atoms with E-state index in [0.717, 1.165) is 19.4 Å². The number of aromatic nitrogens is 3. The number of hydrogen-bond donors (Lipinski definition) is 1. The van der Waals surface area contributed by atoms with Crippen LogP contribution in [0.2, 0.25) is 0 Å². The van der Waals surface area contributed by atoms with Gasteiger partial charge in [-0.15, -0.1) is 0 Å². The lowest BCUT2D eigenvalue weighted by atomic mass is 9.95. The number of carbonyl (C=O) groups is 1. The van der Waals surface area contributed by atoms with E-state index < -0.39 is 35.1 Å². The van der Waals surface area contributed by atoms with Crippen molar-refractivity contribution in [3.63, 3.8) is 0 Å². The highest BCUT2D eigenvalue weighted by molar-refractivity contribution is 5.99. The van der Waals surface area contributed by atoms with Crippen LogP contribution in [-0.4, -0.2) is 92.3 Å². The molecule has 0 spiro atoms. The van der Waals surface area contributed by atoms with Gasteiger partial charge < -0.3 is 19.6 Å². The highest BCUT2D eigenvalue weighted by Gasteiger charge is 2.49. The normalized spacial score (nSPS) is 25.6. The number of carbonyl (C=O) groups excluding carboxylic acids is 1. The van der Waals surface area contributed by atoms with Gasteiger partial charge in [0.05, 0.1) is 23.0 Å². The summed E-state index contributed by atoms with van der Waals surface area (Å²) >= 11 is 0. The number of fused-ring (bicyclic) bond motifs is 5. The summed E-state index contributed by atoms with van der Waals surface area (Å²) in [6.45, 7) is 5.07. The molecule has 47 heavy (non-hydrogen) atoms. The highest BCUT2D eigenvalue weighted by Crippen LogP contribution is 2.42. The van der Waals surface area contributed by atoms with Crippen molar-refractivity contribution in [3.05, 3.63) is 60.4 Å². The Hall–Kier alpha value is -4.52. The lowest BCUT2D eigenvalue weighted by Crippen LogP contribution is -2.56. The second-order valence-corrected chi connectivity index (χ2v) is 13.1. The fourth-order valence-electron chi connectivity index (χ4n) is 8.24. The third-order valence-corrected chi connectivity index (χ3v) is 10.2. The number of rotatable bonds is 6. The summed E-state index contributed by atoms with van der Waals surface area (Å²) in [6.07, 6.45) is 2.40. The van der Waals surface area contributed by atoms with Crippen LogP contribution in [0.4, 0.5) is 23.4 Å². The number of piperazine rings is 1. The highest BCUT2D eigenvalue weighted by atomic mass is 19.1. The molecule has 0 saturated carbocycles. The molecule has 4 atom stereocenters. The number of anilines is 1. The van der Waals surface area contributed by atoms with Gasteiger partial charge in [0.1, 0.15) is 41.7 Å². The number of halogens is 4. The summed E-state index contributed by atoms with van der Waals surface area (Å²) in [7, 11) is 0. The molecule has 4 aliphatic heterocycles. The first kappa shape index (κ1) is 29.9. The lowest BCUT2D eigenvalue weighted by Gasteiger charge is -2.41. The molecular weight excluding hydrogens is 616 g/mol. The first-order valence-electron chi connectivity index (χ1n) is 15.8. The second-order valence-electron chi connectivity index (χ2n) is 13.1. The summed E-state index contributed by atoms with van der Waals surface area (Å²) in [4.78, 5) is 32.0. The Labute approximate surface area is 267 Å². The van der Waals surface area contributed by atoms with Crippen LogP contribution in [-0.2, 0) is 4.79 Å². The van der Waals surface area contributed by atoms with Crippen LogP contribution in [0.1, 0.15) is 32.1 Å². The molecule has 8 rings (SSSR count). The first-order chi connectivity index (χ1) is 22.6. The van der Waals surface area contributed by atoms with E-state index in [1.807, 2.05) is 4.90 Å². The van der Waals surface area contributed by atoms with E-state index >= 15 is 8.78 Å². The van der Waals surface area contributed by atoms with Crippen molar-refractivity contribution in [1.29, 1.82) is 0 Å². The predicted octanol–water partition coefficient (Wildman–Crippen LogP) is 5.45. The van der Waals surface area contributed by atoms with Crippen LogP contribution in [0.15, 0.2) is 48.8 Å². The van der Waals surface area contributed by atoms with E-state index in [0.29, 0.717) is 50.1 Å². The van der Waals surface area contributed by atoms with Gasteiger partial charge in [-0.25, -0.2) is 22.5 Å². The average molecular weight is 649 g/mol. The van der Waals surface area contributed by atoms with Crippen molar-refractivity contribution < 1.29 is 32.2 Å². The fourth-order valence-corrected chi connectivity index (χ4v) is 8.24. The molecule has 0 radical (unpaired) electrons. The number of amides is 1. The molecule has 4 aliphatic rings. The van der Waals surface area contributed by atoms with Crippen molar-refractivity contribution in [2.75, 3.05) is 37.7 Å². The molecule has 6 heterocycles. The molecule has 4 fully saturated rings. The van der Waals surface area contributed by atoms with Crippen molar-refractivity contribution in [3.8, 4) is 23.0 Å². The van der Waals surface area contributed by atoms with Crippen LogP contribution in [0, 0.1) is 11.6 Å². The average Bonchev–Trinajstić information content (AvgIpc) is 3.65. The molecule has 1 N–H and O–H groups in total. The van der Waals surface area contributed by atoms with Gasteiger partial charge in [0.25, 0.3) is 5.91 Å². The second kappa shape index (κ2) is 11.0. The van der Waals surface area contributed by atoms with Crippen molar-refractivity contribution in [2.24, 2.45) is 0 Å². The zero-order valence-corrected chi connectivity index (χ0v) is 25.4. The Bertz CT molecular complexity index is 1950. The Morgan fingerprint density at radius 2 is 1.85 bits per heavy atom. The Morgan fingerprint density at radius 1 is 1.06 bits per heavy atom. The Balaban J connectivity index is 1.23. The van der Waals surface area contributed by atoms with Gasteiger partial charge in [0, 0.05) is 37.0 Å². The summed E-state index contributed by atoms with van der Waals surface area (Å²) in [5, 5.41) is 11.2. The minimum atomic E-state index is -1.02. The van der Waals surface area contributed by atoms with Crippen molar-refractivity contribution >= 4 is 33.5 Å². The van der Waals surface area contributed by atoms with Gasteiger partial charge >= 0.3 is 6.01 Å². The number of hydrogen-bond acceptors (Lipinski definition) is 8. The van der Waals surface area contributed by atoms with Crippen LogP contribution >= 0.6 is 0 Å². The van der Waals surface area contributed by atoms with Gasteiger partial charge in [-0.3, -0.25) is 9.69 Å². The van der Waals surface area contributed by atoms with Gasteiger partial charge in [0.2, 0.25) is 0 Å². The zero-order valence-electron chi connectivity index (χ0n) is 25.4. The molecule has 244 valence electrons. The van der Waals surface area contributed by atoms with Crippen LogP contribution in [0.3, 0.4) is 0 Å². The molecule has 4 aromatic rings. The van der Waals surface area contributed by atoms with Crippen LogP contribution in [0.5, 0.6) is 11.8 Å². The standard InChI is InChI=1S/C34H32F4N6O3/c1-18(35)32(46)44-21-6-7-22(44)16-42(15-21)31-25-12-27(38)29(24-11-23(45)10-19-4-2-5-26(37)28(19)24)39-30(25)40-33(41-31)47-17-34-8-3-9-43(34)14-20(36)13-34/h2,4-5,10-12,20-22,45H,1,3,6-9,13-17H2/t20-,21?,22?,34+/m1/s1. The number of ether oxygens (including phenoxy) is 1. The molecule has 2 bridgehead atoms. The van der Waals surface area contributed by atoms with Crippen molar-refractivity contribution in [1.82, 2.24) is 24.8 Å². The van der Waals surface area contributed by atoms with Crippen molar-refractivity contribution in [2.45, 2.75) is 55.9 Å². The molecule has 13 heteroatoms. The summed E-state index contributed by atoms with van der Waals surface area (Å²) in [6, 6.07) is 7.59. The summed E-state index contributed by atoms with van der Waals surface area (Å²) in [5.41, 5.74) is -0.561. The molecule has 9 nitrogen and oxygen atoms in total. The Morgan fingerprint density at radius 3 is 2.62 bits per heavy atom. The molecule has 1 amide bonds. The van der Waals surface area contributed by atoms with Crippen LogP contribution < -0.4 is 9.64 Å². The fraction of sp³-hybridized carbons (Fsp3) is 0.412. The maximum Gasteiger partial charge on any atom is 0.320 e. The van der Waals surface area contributed by atoms with Gasteiger partial charge in [0.15, 0.2) is 11.5 Å². The van der Waals surface area contributed by atoms with E-state index in [4.69, 9.17) is 9.72 Å². The van der Waals surface area contributed by atoms with E-state index in [2.05, 4.69) is 21.4 Å². The predicted molar refractivity (Wildman–Crippen MR) is 167 cm³/mol. The molecule has 2 unspecified atom stereocenters. The number of phenols is 1. The zero-order chi connectivity index (χ0) is 32.6. The topological polar surface area (TPSA) is 94.9 Å². The largest absolute Gasteiger partial charge is 0.508 e. The molecular formula is C34H32F4N6O3. The summed E-state index contributed by atoms with van der Waals surface area (Å²) < 4.78 is 65.8. The Kier molecular flexibility index (Phi) is 7.01. The molecule has 0 aliphatic carbocycles. The van der Waals surface area contributed by atoms with Crippen LogP contribution in [0.25, 0.3) is 33.1 Å². The van der Waals surface area contributed by atoms with Gasteiger partial charge in [-0.1, -0.05) is 18.7 Å². The van der Waals surface area contributed by atoms with E-state index in [1.54, 1.807) is 6.07 Å². The van der Waals surface area contributed by atoms with E-state index in [9.17, 15) is 18.7 Å². The molecule has 2 aromatic heterocycles. The van der Waals surface area contributed by atoms with E-state index in [1.165, 1.54) is 35.2 Å². The number of pyridine rings is 1. The number of aromatic hydroxyl groups is 1. The monoisotopic (exact) mass is 648 g/mol. The minimum Gasteiger partial charge on any atom is -0.508 e. The maximum atomic E-state index is 16.1. The number of nitrogens with zero attached hydrogens (tertiary/aromatic N) is 6. The SMILES string of the molecule is C=C(F)C(=O)N1C2CCC1CN(c1nc(OC[C@@]34CCCN3C[C@H](F)C4)nc3nc(-c4cc(O)cc5cccc(F)c45)c(F)cc13)C2. The molecule has 4 saturated heterocycles. The molecule has 2 aromatic carbocycles. The minimum absolute atomic E-state index is 0.0315. The number of benzene rings is 2. The van der Waals surface area contributed by atoms with Gasteiger partial charge in [-0.2, -0.15) is 9.97 Å². The number of alkyl halides is 1. The first-order valence-corrected chi connectivity index (χ1v) is 15.8.